The lowest BCUT2D eigenvalue weighted by atomic mass is 10.2. The number of nitrogens with two attached hydrogens (primary N) is 1. The Hall–Kier alpha value is -2.15. The number of aliphatic carboxylic acids is 1. The molecule has 0 aliphatic carbocycles. The number of carboxylic acid groups (broad SMARTS) is 1. The Balaban J connectivity index is 2.31. The number of amides is 1. The van der Waals surface area contributed by atoms with Crippen molar-refractivity contribution in [3.63, 3.8) is 0 Å². The van der Waals surface area contributed by atoms with Crippen molar-refractivity contribution >= 4 is 38.6 Å². The van der Waals surface area contributed by atoms with Gasteiger partial charge in [-0.2, -0.15) is 0 Å². The lowest BCUT2D eigenvalue weighted by Gasteiger charge is -2.18. The third kappa shape index (κ3) is 2.82. The molecular weight excluding hydrogens is 266 g/mol. The van der Waals surface area contributed by atoms with Crippen molar-refractivity contribution in [2.45, 2.75) is 6.92 Å². The van der Waals surface area contributed by atoms with Gasteiger partial charge in [0.15, 0.2) is 5.13 Å². The van der Waals surface area contributed by atoms with E-state index in [-0.39, 0.29) is 12.5 Å². The molecule has 0 aliphatic rings. The smallest absolute Gasteiger partial charge is 0.323 e. The molecule has 19 heavy (non-hydrogen) atoms. The first-order chi connectivity index (χ1) is 9.01. The minimum atomic E-state index is -1.03. The van der Waals surface area contributed by atoms with Gasteiger partial charge in [-0.25, -0.2) is 4.98 Å². The maximum Gasteiger partial charge on any atom is 0.323 e. The van der Waals surface area contributed by atoms with Gasteiger partial charge in [0, 0.05) is 12.1 Å². The standard InChI is InChI=1S/C12H13N3O3S/c1-2-15(6-10(16)17)11(18)7-3-4-8-9(5-7)19-12(13)14-8/h3-5H,2,6H2,1H3,(H2,13,14)(H,16,17). The van der Waals surface area contributed by atoms with E-state index in [1.807, 2.05) is 0 Å². The summed E-state index contributed by atoms with van der Waals surface area (Å²) in [5, 5.41) is 9.21. The van der Waals surface area contributed by atoms with Gasteiger partial charge in [-0.05, 0) is 25.1 Å². The number of benzene rings is 1. The maximum absolute atomic E-state index is 12.2. The van der Waals surface area contributed by atoms with Crippen molar-refractivity contribution in [1.29, 1.82) is 0 Å². The molecule has 0 spiro atoms. The van der Waals surface area contributed by atoms with Crippen molar-refractivity contribution in [2.24, 2.45) is 0 Å². The first kappa shape index (κ1) is 13.3. The fourth-order valence-corrected chi connectivity index (χ4v) is 2.52. The first-order valence-corrected chi connectivity index (χ1v) is 6.50. The topological polar surface area (TPSA) is 96.5 Å². The number of thiazole rings is 1. The number of likely N-dealkylation sites (N-methyl/N-ethyl adjacent to an activating group) is 1. The molecule has 0 fully saturated rings. The van der Waals surface area contributed by atoms with E-state index in [4.69, 9.17) is 10.8 Å². The molecule has 6 nitrogen and oxygen atoms in total. The fraction of sp³-hybridized carbons (Fsp3) is 0.250. The summed E-state index contributed by atoms with van der Waals surface area (Å²) in [5.41, 5.74) is 6.78. The van der Waals surface area contributed by atoms with Crippen LogP contribution in [0.4, 0.5) is 5.13 Å². The van der Waals surface area contributed by atoms with Gasteiger partial charge in [-0.15, -0.1) is 0 Å². The van der Waals surface area contributed by atoms with E-state index in [9.17, 15) is 9.59 Å². The molecule has 0 radical (unpaired) electrons. The summed E-state index contributed by atoms with van der Waals surface area (Å²) in [6.45, 7) is 1.77. The number of nitrogens with zero attached hydrogens (tertiary/aromatic N) is 2. The molecule has 7 heteroatoms. The summed E-state index contributed by atoms with van der Waals surface area (Å²) in [6.07, 6.45) is 0. The maximum atomic E-state index is 12.2. The van der Waals surface area contributed by atoms with E-state index in [1.165, 1.54) is 16.2 Å². The number of anilines is 1. The molecule has 100 valence electrons. The lowest BCUT2D eigenvalue weighted by molar-refractivity contribution is -0.137. The second-order valence-corrected chi connectivity index (χ2v) is 5.01. The van der Waals surface area contributed by atoms with Gasteiger partial charge in [0.25, 0.3) is 5.91 Å². The van der Waals surface area contributed by atoms with E-state index in [0.717, 1.165) is 10.2 Å². The molecule has 0 atom stereocenters. The highest BCUT2D eigenvalue weighted by molar-refractivity contribution is 7.22. The predicted molar refractivity (Wildman–Crippen MR) is 73.2 cm³/mol. The van der Waals surface area contributed by atoms with Gasteiger partial charge in [0.05, 0.1) is 10.2 Å². The van der Waals surface area contributed by atoms with Crippen molar-refractivity contribution in [3.05, 3.63) is 23.8 Å². The van der Waals surface area contributed by atoms with E-state index >= 15 is 0 Å². The quantitative estimate of drug-likeness (QED) is 0.882. The molecule has 2 rings (SSSR count). The Morgan fingerprint density at radius 1 is 1.47 bits per heavy atom. The number of hydrogen-bond acceptors (Lipinski definition) is 5. The number of aromatic nitrogens is 1. The lowest BCUT2D eigenvalue weighted by Crippen LogP contribution is -2.35. The van der Waals surface area contributed by atoms with E-state index < -0.39 is 5.97 Å². The summed E-state index contributed by atoms with van der Waals surface area (Å²) < 4.78 is 0.815. The van der Waals surface area contributed by atoms with Gasteiger partial charge in [0.2, 0.25) is 0 Å². The average Bonchev–Trinajstić information content (AvgIpc) is 2.73. The van der Waals surface area contributed by atoms with Crippen LogP contribution in [0.2, 0.25) is 0 Å². The Morgan fingerprint density at radius 3 is 2.84 bits per heavy atom. The Kier molecular flexibility index (Phi) is 3.66. The minimum Gasteiger partial charge on any atom is -0.480 e. The average molecular weight is 279 g/mol. The molecule has 3 N–H and O–H groups in total. The van der Waals surface area contributed by atoms with Crippen LogP contribution < -0.4 is 5.73 Å². The second-order valence-electron chi connectivity index (χ2n) is 3.95. The van der Waals surface area contributed by atoms with Crippen LogP contribution in [0.15, 0.2) is 18.2 Å². The van der Waals surface area contributed by atoms with Crippen LogP contribution in [0.25, 0.3) is 10.2 Å². The van der Waals surface area contributed by atoms with Crippen LogP contribution in [0.1, 0.15) is 17.3 Å². The molecule has 1 aromatic heterocycles. The summed E-state index contributed by atoms with van der Waals surface area (Å²) in [7, 11) is 0. The van der Waals surface area contributed by atoms with E-state index in [1.54, 1.807) is 25.1 Å². The van der Waals surface area contributed by atoms with Gasteiger partial charge in [0.1, 0.15) is 6.54 Å². The molecular formula is C12H13N3O3S. The molecule has 2 aromatic rings. The van der Waals surface area contributed by atoms with Crippen molar-refractivity contribution < 1.29 is 14.7 Å². The number of rotatable bonds is 4. The fourth-order valence-electron chi connectivity index (χ4n) is 1.75. The Labute approximate surface area is 113 Å². The van der Waals surface area contributed by atoms with Gasteiger partial charge in [-0.1, -0.05) is 11.3 Å². The summed E-state index contributed by atoms with van der Waals surface area (Å²) >= 11 is 1.30. The summed E-state index contributed by atoms with van der Waals surface area (Å²) in [5.74, 6) is -1.34. The van der Waals surface area contributed by atoms with E-state index in [0.29, 0.717) is 17.2 Å². The highest BCUT2D eigenvalue weighted by Gasteiger charge is 2.17. The predicted octanol–water partition coefficient (Wildman–Crippen LogP) is 1.43. The largest absolute Gasteiger partial charge is 0.480 e. The third-order valence-electron chi connectivity index (χ3n) is 2.65. The highest BCUT2D eigenvalue weighted by atomic mass is 32.1. The monoisotopic (exact) mass is 279 g/mol. The number of carboxylic acids is 1. The molecule has 0 saturated heterocycles. The zero-order valence-electron chi connectivity index (χ0n) is 10.3. The Bertz CT molecular complexity index is 638. The zero-order chi connectivity index (χ0) is 14.0. The molecule has 0 saturated carbocycles. The number of fused-ring (bicyclic) bond motifs is 1. The summed E-state index contributed by atoms with van der Waals surface area (Å²) in [6, 6.07) is 5.04. The van der Waals surface area contributed by atoms with Crippen LogP contribution in [0.3, 0.4) is 0 Å². The van der Waals surface area contributed by atoms with E-state index in [2.05, 4.69) is 4.98 Å². The number of carbonyl (C=O) groups excluding carboxylic acids is 1. The minimum absolute atomic E-state index is 0.307. The molecule has 0 unspecified atom stereocenters. The van der Waals surface area contributed by atoms with Crippen LogP contribution >= 0.6 is 11.3 Å². The zero-order valence-corrected chi connectivity index (χ0v) is 11.1. The Morgan fingerprint density at radius 2 is 2.21 bits per heavy atom. The van der Waals surface area contributed by atoms with Crippen molar-refractivity contribution in [3.8, 4) is 0 Å². The van der Waals surface area contributed by atoms with Gasteiger partial charge >= 0.3 is 5.97 Å². The van der Waals surface area contributed by atoms with Crippen LogP contribution in [0, 0.1) is 0 Å². The van der Waals surface area contributed by atoms with Crippen LogP contribution in [0.5, 0.6) is 0 Å². The summed E-state index contributed by atoms with van der Waals surface area (Å²) in [4.78, 5) is 28.3. The van der Waals surface area contributed by atoms with Crippen molar-refractivity contribution in [1.82, 2.24) is 9.88 Å². The first-order valence-electron chi connectivity index (χ1n) is 5.68. The second kappa shape index (κ2) is 5.23. The SMILES string of the molecule is CCN(CC(=O)O)C(=O)c1ccc2nc(N)sc2c1. The third-order valence-corrected chi connectivity index (χ3v) is 3.49. The molecule has 1 aromatic carbocycles. The van der Waals surface area contributed by atoms with Crippen molar-refractivity contribution in [2.75, 3.05) is 18.8 Å². The normalized spacial score (nSPS) is 10.6. The van der Waals surface area contributed by atoms with Crippen LogP contribution in [-0.2, 0) is 4.79 Å². The molecule has 0 aliphatic heterocycles. The molecule has 1 heterocycles. The number of hydrogen-bond donors (Lipinski definition) is 2. The van der Waals surface area contributed by atoms with Crippen LogP contribution in [-0.4, -0.2) is 40.0 Å². The van der Waals surface area contributed by atoms with Gasteiger partial charge < -0.3 is 15.7 Å². The van der Waals surface area contributed by atoms with Gasteiger partial charge in [-0.3, -0.25) is 9.59 Å². The molecule has 1 amide bonds. The number of carbonyl (C=O) groups is 2. The molecule has 0 bridgehead atoms. The highest BCUT2D eigenvalue weighted by Crippen LogP contribution is 2.25. The number of nitrogen functional groups attached to an aromatic ring is 1.